The molecule has 0 saturated carbocycles. The van der Waals surface area contributed by atoms with Crippen LogP contribution in [-0.4, -0.2) is 64.9 Å². The summed E-state index contributed by atoms with van der Waals surface area (Å²) in [5.41, 5.74) is 8.16. The van der Waals surface area contributed by atoms with Crippen molar-refractivity contribution >= 4 is 74.5 Å². The average molecular weight is 822 g/mol. The summed E-state index contributed by atoms with van der Waals surface area (Å²) in [5.74, 6) is 1.24. The molecule has 0 aliphatic carbocycles. The third kappa shape index (κ3) is 9.16. The number of amides is 2. The lowest BCUT2D eigenvalue weighted by atomic mass is 10.1. The molecular formula is C45H49BrN4O6. The summed E-state index contributed by atoms with van der Waals surface area (Å²) in [5, 5.41) is 10.8. The molecule has 0 radical (unpaired) electrons. The Morgan fingerprint density at radius 1 is 0.750 bits per heavy atom. The Labute approximate surface area is 337 Å². The van der Waals surface area contributed by atoms with Crippen molar-refractivity contribution in [1.82, 2.24) is 0 Å². The van der Waals surface area contributed by atoms with E-state index in [2.05, 4.69) is 32.0 Å². The molecule has 0 aromatic heterocycles. The molecule has 2 atom stereocenters. The van der Waals surface area contributed by atoms with E-state index in [0.29, 0.717) is 59.7 Å². The fraction of sp³-hybridized carbons (Fsp3) is 0.333. The number of carbonyl (C=O) groups excluding carboxylic acids is 4. The van der Waals surface area contributed by atoms with E-state index in [9.17, 15) is 24.3 Å². The number of para-hydroxylation sites is 2. The van der Waals surface area contributed by atoms with Gasteiger partial charge in [-0.05, 0) is 87.1 Å². The lowest BCUT2D eigenvalue weighted by Crippen LogP contribution is -2.37. The van der Waals surface area contributed by atoms with E-state index in [4.69, 9.17) is 4.74 Å². The first kappa shape index (κ1) is 41.7. The van der Waals surface area contributed by atoms with Gasteiger partial charge in [-0.3, -0.25) is 29.4 Å². The molecule has 292 valence electrons. The van der Waals surface area contributed by atoms with Gasteiger partial charge in [0.15, 0.2) is 0 Å². The van der Waals surface area contributed by atoms with E-state index in [1.54, 1.807) is 44.0 Å². The molecule has 1 N–H and O–H groups in total. The van der Waals surface area contributed by atoms with Crippen LogP contribution in [0.25, 0.3) is 0 Å². The van der Waals surface area contributed by atoms with Crippen molar-refractivity contribution in [2.75, 3.05) is 21.7 Å². The van der Waals surface area contributed by atoms with Crippen LogP contribution in [0.2, 0.25) is 0 Å². The molecule has 4 aliphatic rings. The third-order valence-corrected chi connectivity index (χ3v) is 10.5. The maximum atomic E-state index is 13.2. The van der Waals surface area contributed by atoms with Crippen molar-refractivity contribution in [3.63, 3.8) is 0 Å². The minimum Gasteiger partial charge on any atom is -0.508 e. The number of anilines is 2. The Hall–Kier alpha value is -5.42. The van der Waals surface area contributed by atoms with Gasteiger partial charge in [-0.25, -0.2) is 0 Å². The molecule has 11 heteroatoms. The molecule has 8 rings (SSSR count). The highest BCUT2D eigenvalue weighted by Gasteiger charge is 2.37. The molecule has 0 bridgehead atoms. The fourth-order valence-corrected chi connectivity index (χ4v) is 7.35. The number of Topliss-reactive ketones (excluding diaryl/α,β-unsaturated/α-hetero) is 2. The van der Waals surface area contributed by atoms with Crippen LogP contribution < -0.4 is 14.5 Å². The number of ketones is 2. The molecule has 10 nitrogen and oxygen atoms in total. The first-order valence-corrected chi connectivity index (χ1v) is 19.7. The molecule has 0 unspecified atom stereocenters. The van der Waals surface area contributed by atoms with Gasteiger partial charge in [-0.1, -0.05) is 59.8 Å². The van der Waals surface area contributed by atoms with E-state index >= 15 is 0 Å². The number of aryl methyl sites for hydroxylation is 2. The molecule has 4 heterocycles. The minimum atomic E-state index is -0.0550. The van der Waals surface area contributed by atoms with E-state index < -0.39 is 0 Å². The summed E-state index contributed by atoms with van der Waals surface area (Å²) in [6, 6.07) is 22.8. The van der Waals surface area contributed by atoms with Crippen LogP contribution in [0.15, 0.2) is 82.8 Å². The number of fused-ring (bicyclic) bond motifs is 8. The van der Waals surface area contributed by atoms with Gasteiger partial charge in [-0.2, -0.15) is 0 Å². The van der Waals surface area contributed by atoms with Crippen molar-refractivity contribution in [3.05, 3.63) is 106 Å². The predicted octanol–water partition coefficient (Wildman–Crippen LogP) is 9.41. The number of hydrogen-bond donors (Lipinski definition) is 1. The first-order valence-electron chi connectivity index (χ1n) is 18.5. The Morgan fingerprint density at radius 2 is 1.23 bits per heavy atom. The molecule has 4 aliphatic heterocycles. The van der Waals surface area contributed by atoms with Crippen LogP contribution >= 0.6 is 15.9 Å². The molecule has 56 heavy (non-hydrogen) atoms. The highest BCUT2D eigenvalue weighted by atomic mass is 79.9. The summed E-state index contributed by atoms with van der Waals surface area (Å²) in [6.45, 7) is 7.38. The van der Waals surface area contributed by atoms with Crippen LogP contribution in [0.3, 0.4) is 0 Å². The Morgan fingerprint density at radius 3 is 1.73 bits per heavy atom. The number of alkyl halides is 1. The SMILES string of the molecule is C.CC(=O)CCCBr.CC(=O)CCCOc1cc2c(cc1C)C(=O)N1c3ccccc3C[C@H]1C=N2.Cc1cc2c(cc1O)N=C[C@@H]1Cc3ccccc3N1C2=O. The number of aliphatic imine (C=N–C) groups is 2. The number of halogens is 1. The molecule has 4 aromatic carbocycles. The lowest BCUT2D eigenvalue weighted by molar-refractivity contribution is -0.117. The number of carbonyl (C=O) groups is 4. The number of ether oxygens (including phenoxy) is 1. The van der Waals surface area contributed by atoms with Crippen molar-refractivity contribution in [1.29, 1.82) is 0 Å². The van der Waals surface area contributed by atoms with Gasteiger partial charge in [-0.15, -0.1) is 0 Å². The largest absolute Gasteiger partial charge is 0.508 e. The van der Waals surface area contributed by atoms with Crippen LogP contribution in [0.1, 0.15) is 89.9 Å². The number of hydrogen-bond acceptors (Lipinski definition) is 8. The molecule has 0 fully saturated rings. The van der Waals surface area contributed by atoms with E-state index in [0.717, 1.165) is 41.5 Å². The van der Waals surface area contributed by atoms with Crippen molar-refractivity contribution in [3.8, 4) is 11.5 Å². The number of phenolic OH excluding ortho intramolecular Hbond substituents is 1. The standard InChI is InChI=1S/C22H22N2O3.C17H14N2O2.C5H9BrO.CH4/c1-14-10-18-19(12-21(14)27-9-5-6-15(2)25)23-13-17-11-16-7-3-4-8-20(16)24(17)22(18)26;1-10-6-13-14(8-16(10)20)18-9-12-7-11-4-2-3-5-15(11)19(12)17(13)21;1-5(7)3-2-4-6;/h3-4,7-8,10,12-13,17H,5-6,9,11H2,1-2H3;2-6,8-9,12,20H,7H2,1H3;2-4H2,1H3;1H4/t17-;12-;;/m00../s1. The van der Waals surface area contributed by atoms with Gasteiger partial charge in [0.25, 0.3) is 11.8 Å². The zero-order valence-corrected chi connectivity index (χ0v) is 33.1. The van der Waals surface area contributed by atoms with Crippen molar-refractivity contribution in [2.45, 2.75) is 85.7 Å². The Balaban J connectivity index is 0.000000184. The van der Waals surface area contributed by atoms with Gasteiger partial charge in [0.2, 0.25) is 0 Å². The van der Waals surface area contributed by atoms with Gasteiger partial charge < -0.3 is 19.4 Å². The summed E-state index contributed by atoms with van der Waals surface area (Å²) in [6.07, 6.45) is 8.10. The number of benzene rings is 4. The normalized spacial score (nSPS) is 16.5. The summed E-state index contributed by atoms with van der Waals surface area (Å²) in [7, 11) is 0. The molecule has 4 aromatic rings. The quantitative estimate of drug-likeness (QED) is 0.139. The lowest BCUT2D eigenvalue weighted by Gasteiger charge is -2.21. The van der Waals surface area contributed by atoms with Crippen LogP contribution in [0.4, 0.5) is 22.7 Å². The third-order valence-electron chi connectivity index (χ3n) is 9.89. The van der Waals surface area contributed by atoms with E-state index in [-0.39, 0.29) is 48.6 Å². The van der Waals surface area contributed by atoms with Crippen LogP contribution in [-0.2, 0) is 22.4 Å². The zero-order chi connectivity index (χ0) is 39.2. The monoisotopic (exact) mass is 820 g/mol. The zero-order valence-electron chi connectivity index (χ0n) is 31.5. The van der Waals surface area contributed by atoms with Crippen molar-refractivity contribution < 1.29 is 29.0 Å². The van der Waals surface area contributed by atoms with Gasteiger partial charge in [0, 0.05) is 67.0 Å². The topological polar surface area (TPSA) is 129 Å². The number of nitrogens with zero attached hydrogens (tertiary/aromatic N) is 4. The highest BCUT2D eigenvalue weighted by molar-refractivity contribution is 9.09. The van der Waals surface area contributed by atoms with Crippen LogP contribution in [0.5, 0.6) is 11.5 Å². The molecular weight excluding hydrogens is 772 g/mol. The van der Waals surface area contributed by atoms with E-state index in [1.807, 2.05) is 72.6 Å². The smallest absolute Gasteiger partial charge is 0.261 e. The van der Waals surface area contributed by atoms with Crippen molar-refractivity contribution in [2.24, 2.45) is 9.98 Å². The highest BCUT2D eigenvalue weighted by Crippen LogP contribution is 2.40. The number of aromatic hydroxyl groups is 1. The second-order valence-corrected chi connectivity index (χ2v) is 14.9. The fourth-order valence-electron chi connectivity index (χ4n) is 7.07. The second-order valence-electron chi connectivity index (χ2n) is 14.1. The number of rotatable bonds is 8. The minimum absolute atomic E-state index is 0. The molecule has 2 amide bonds. The average Bonchev–Trinajstić information content (AvgIpc) is 3.66. The number of phenols is 1. The Kier molecular flexibility index (Phi) is 13.8. The van der Waals surface area contributed by atoms with Gasteiger partial charge >= 0.3 is 0 Å². The summed E-state index contributed by atoms with van der Waals surface area (Å²) < 4.78 is 5.83. The molecule has 0 spiro atoms. The molecule has 0 saturated heterocycles. The van der Waals surface area contributed by atoms with Gasteiger partial charge in [0.05, 0.1) is 41.2 Å². The van der Waals surface area contributed by atoms with E-state index in [1.165, 1.54) is 11.1 Å². The maximum Gasteiger partial charge on any atom is 0.261 e. The maximum absolute atomic E-state index is 13.2. The predicted molar refractivity (Wildman–Crippen MR) is 228 cm³/mol. The Bertz CT molecular complexity index is 2200. The summed E-state index contributed by atoms with van der Waals surface area (Å²) >= 11 is 3.23. The second kappa shape index (κ2) is 18.5. The summed E-state index contributed by atoms with van der Waals surface area (Å²) in [4.78, 5) is 60.1. The first-order chi connectivity index (χ1) is 26.5. The van der Waals surface area contributed by atoms with Gasteiger partial charge in [0.1, 0.15) is 23.1 Å². The van der Waals surface area contributed by atoms with Crippen LogP contribution in [0, 0.1) is 13.8 Å².